The molecule has 0 rings (SSSR count). The van der Waals surface area contributed by atoms with Gasteiger partial charge in [0.15, 0.2) is 0 Å². The van der Waals surface area contributed by atoms with Gasteiger partial charge >= 0.3 is 0 Å². The van der Waals surface area contributed by atoms with E-state index in [1.807, 2.05) is 11.9 Å². The Hall–Kier alpha value is -0.570. The van der Waals surface area contributed by atoms with Crippen LogP contribution in [0, 0.1) is 5.92 Å². The summed E-state index contributed by atoms with van der Waals surface area (Å²) in [5, 5.41) is 0. The summed E-state index contributed by atoms with van der Waals surface area (Å²) in [7, 11) is 6.21. The molecule has 0 aromatic heterocycles. The maximum atomic E-state index is 12.4. The van der Waals surface area contributed by atoms with Gasteiger partial charge in [0.1, 0.15) is 0 Å². The number of hydrogen-bond acceptors (Lipinski definition) is 2. The lowest BCUT2D eigenvalue weighted by molar-refractivity contribution is -0.130. The molecule has 0 aromatic carbocycles. The Bertz CT molecular complexity index is 486. The highest BCUT2D eigenvalue weighted by atomic mass is 16.2. The van der Waals surface area contributed by atoms with Gasteiger partial charge < -0.3 is 9.80 Å². The Labute approximate surface area is 254 Å². The van der Waals surface area contributed by atoms with Crippen LogP contribution in [0.3, 0.4) is 0 Å². The second kappa shape index (κ2) is 31.4. The van der Waals surface area contributed by atoms with Gasteiger partial charge in [0, 0.05) is 20.0 Å². The van der Waals surface area contributed by atoms with Crippen LogP contribution in [0.4, 0.5) is 0 Å². The highest BCUT2D eigenvalue weighted by Crippen LogP contribution is 2.25. The molecule has 0 aliphatic rings. The van der Waals surface area contributed by atoms with Crippen LogP contribution in [0.2, 0.25) is 0 Å². The minimum Gasteiger partial charge on any atom is -0.346 e. The van der Waals surface area contributed by atoms with E-state index in [2.05, 4.69) is 32.8 Å². The molecule has 0 unspecified atom stereocenters. The highest BCUT2D eigenvalue weighted by molar-refractivity contribution is 5.75. The van der Waals surface area contributed by atoms with Crippen molar-refractivity contribution in [2.45, 2.75) is 194 Å². The Morgan fingerprint density at radius 1 is 0.450 bits per heavy atom. The molecule has 0 bridgehead atoms. The maximum absolute atomic E-state index is 12.4. The van der Waals surface area contributed by atoms with Crippen molar-refractivity contribution in [3.8, 4) is 0 Å². The van der Waals surface area contributed by atoms with Crippen molar-refractivity contribution < 1.29 is 4.79 Å². The smallest absolute Gasteiger partial charge is 0.222 e. The first kappa shape index (κ1) is 39.4. The molecule has 3 nitrogen and oxygen atoms in total. The van der Waals surface area contributed by atoms with Gasteiger partial charge in [-0.2, -0.15) is 0 Å². The molecule has 0 saturated heterocycles. The van der Waals surface area contributed by atoms with E-state index in [-0.39, 0.29) is 0 Å². The number of unbranched alkanes of at least 4 members (excludes halogenated alkanes) is 20. The molecule has 0 heterocycles. The van der Waals surface area contributed by atoms with Crippen molar-refractivity contribution in [3.05, 3.63) is 0 Å². The molecule has 40 heavy (non-hydrogen) atoms. The predicted molar refractivity (Wildman–Crippen MR) is 180 cm³/mol. The third-order valence-electron chi connectivity index (χ3n) is 8.96. The Morgan fingerprint density at radius 2 is 0.800 bits per heavy atom. The van der Waals surface area contributed by atoms with Gasteiger partial charge in [0.05, 0.1) is 0 Å². The zero-order valence-corrected chi connectivity index (χ0v) is 28.6. The average Bonchev–Trinajstić information content (AvgIpc) is 2.94. The molecular formula is C37H76N2O. The SMILES string of the molecule is CCCCCCCCCCC(CCCCCCCCCC)CCCCCCCCC(=O)N(C)CCCCN(C)C. The standard InChI is InChI=1S/C37H76N2O/c1-6-8-10-12-14-16-20-24-30-36(31-25-21-17-15-13-11-9-7-2)32-26-22-18-19-23-27-33-37(40)39(5)35-29-28-34-38(3)4/h36H,6-35H2,1-5H3. The normalized spacial score (nSPS) is 11.7. The summed E-state index contributed by atoms with van der Waals surface area (Å²) in [5.41, 5.74) is 0. The molecule has 0 aliphatic heterocycles. The van der Waals surface area contributed by atoms with Crippen LogP contribution in [0.5, 0.6) is 0 Å². The average molecular weight is 565 g/mol. The van der Waals surface area contributed by atoms with E-state index in [1.54, 1.807) is 0 Å². The van der Waals surface area contributed by atoms with Crippen molar-refractivity contribution in [1.82, 2.24) is 9.80 Å². The molecule has 0 N–H and O–H groups in total. The number of hydrogen-bond donors (Lipinski definition) is 0. The number of carbonyl (C=O) groups is 1. The Balaban J connectivity index is 3.96. The number of rotatable bonds is 32. The maximum Gasteiger partial charge on any atom is 0.222 e. The van der Waals surface area contributed by atoms with Crippen LogP contribution < -0.4 is 0 Å². The van der Waals surface area contributed by atoms with Crippen LogP contribution in [0.1, 0.15) is 194 Å². The highest BCUT2D eigenvalue weighted by Gasteiger charge is 2.10. The lowest BCUT2D eigenvalue weighted by atomic mass is 9.89. The van der Waals surface area contributed by atoms with Crippen molar-refractivity contribution in [2.24, 2.45) is 5.92 Å². The van der Waals surface area contributed by atoms with Gasteiger partial charge in [-0.15, -0.1) is 0 Å². The fraction of sp³-hybridized carbons (Fsp3) is 0.973. The second-order valence-electron chi connectivity index (χ2n) is 13.4. The van der Waals surface area contributed by atoms with Crippen LogP contribution in [0.25, 0.3) is 0 Å². The van der Waals surface area contributed by atoms with Crippen LogP contribution in [-0.4, -0.2) is 49.9 Å². The van der Waals surface area contributed by atoms with E-state index in [4.69, 9.17) is 0 Å². The molecule has 0 atom stereocenters. The monoisotopic (exact) mass is 565 g/mol. The summed E-state index contributed by atoms with van der Waals surface area (Å²) >= 11 is 0. The van der Waals surface area contributed by atoms with E-state index in [1.165, 1.54) is 161 Å². The van der Waals surface area contributed by atoms with E-state index in [0.717, 1.165) is 38.3 Å². The first-order chi connectivity index (χ1) is 19.5. The zero-order chi connectivity index (χ0) is 29.5. The van der Waals surface area contributed by atoms with Crippen molar-refractivity contribution in [3.63, 3.8) is 0 Å². The largest absolute Gasteiger partial charge is 0.346 e. The van der Waals surface area contributed by atoms with Crippen molar-refractivity contribution >= 4 is 5.91 Å². The summed E-state index contributed by atoms with van der Waals surface area (Å²) < 4.78 is 0. The van der Waals surface area contributed by atoms with Gasteiger partial charge in [-0.05, 0) is 45.8 Å². The Kier molecular flexibility index (Phi) is 30.9. The molecule has 0 fully saturated rings. The zero-order valence-electron chi connectivity index (χ0n) is 28.6. The molecule has 0 aromatic rings. The number of amides is 1. The fourth-order valence-electron chi connectivity index (χ4n) is 6.08. The second-order valence-corrected chi connectivity index (χ2v) is 13.4. The summed E-state index contributed by atoms with van der Waals surface area (Å²) in [5.74, 6) is 1.32. The molecule has 3 heteroatoms. The molecule has 0 saturated carbocycles. The third kappa shape index (κ3) is 28.9. The topological polar surface area (TPSA) is 23.6 Å². The predicted octanol–water partition coefficient (Wildman–Crippen LogP) is 11.6. The summed E-state index contributed by atoms with van der Waals surface area (Å²) in [6.45, 7) is 6.64. The minimum atomic E-state index is 0.342. The fourth-order valence-corrected chi connectivity index (χ4v) is 6.08. The lowest BCUT2D eigenvalue weighted by Crippen LogP contribution is -2.28. The van der Waals surface area contributed by atoms with Crippen molar-refractivity contribution in [2.75, 3.05) is 34.2 Å². The number of carbonyl (C=O) groups excluding carboxylic acids is 1. The Morgan fingerprint density at radius 3 is 1.20 bits per heavy atom. The van der Waals surface area contributed by atoms with Gasteiger partial charge in [-0.25, -0.2) is 0 Å². The lowest BCUT2D eigenvalue weighted by Gasteiger charge is -2.18. The van der Waals surface area contributed by atoms with Crippen LogP contribution >= 0.6 is 0 Å². The summed E-state index contributed by atoms with van der Waals surface area (Å²) in [4.78, 5) is 16.5. The van der Waals surface area contributed by atoms with E-state index in [9.17, 15) is 4.79 Å². The summed E-state index contributed by atoms with van der Waals surface area (Å²) in [6, 6.07) is 0. The summed E-state index contributed by atoms with van der Waals surface area (Å²) in [6.07, 6.45) is 38.3. The van der Waals surface area contributed by atoms with Crippen LogP contribution in [-0.2, 0) is 4.79 Å². The molecule has 0 radical (unpaired) electrons. The minimum absolute atomic E-state index is 0.342. The van der Waals surface area contributed by atoms with E-state index < -0.39 is 0 Å². The molecule has 0 spiro atoms. The van der Waals surface area contributed by atoms with Gasteiger partial charge in [-0.3, -0.25) is 4.79 Å². The van der Waals surface area contributed by atoms with Crippen molar-refractivity contribution in [1.29, 1.82) is 0 Å². The molecule has 0 aliphatic carbocycles. The number of nitrogens with zero attached hydrogens (tertiary/aromatic N) is 2. The van der Waals surface area contributed by atoms with Crippen LogP contribution in [0.15, 0.2) is 0 Å². The third-order valence-corrected chi connectivity index (χ3v) is 8.96. The van der Waals surface area contributed by atoms with E-state index in [0.29, 0.717) is 5.91 Å². The molecule has 240 valence electrons. The van der Waals surface area contributed by atoms with Gasteiger partial charge in [0.2, 0.25) is 5.91 Å². The first-order valence-corrected chi connectivity index (χ1v) is 18.4. The first-order valence-electron chi connectivity index (χ1n) is 18.4. The quantitative estimate of drug-likeness (QED) is 0.0758. The molecular weight excluding hydrogens is 488 g/mol. The molecule has 1 amide bonds. The van der Waals surface area contributed by atoms with E-state index >= 15 is 0 Å². The van der Waals surface area contributed by atoms with Gasteiger partial charge in [0.25, 0.3) is 0 Å². The van der Waals surface area contributed by atoms with Gasteiger partial charge in [-0.1, -0.05) is 168 Å².